The molecule has 0 aliphatic carbocycles. The highest BCUT2D eigenvalue weighted by Crippen LogP contribution is 2.31. The van der Waals surface area contributed by atoms with Gasteiger partial charge in [0.2, 0.25) is 5.91 Å². The SMILES string of the molecule is CC(C)c1ccccc1-n1ccnc1SC1CCCCNC1=O. The van der Waals surface area contributed by atoms with Crippen LogP contribution < -0.4 is 5.32 Å². The fraction of sp³-hybridized carbons (Fsp3) is 0.444. The van der Waals surface area contributed by atoms with E-state index in [1.807, 2.05) is 18.5 Å². The van der Waals surface area contributed by atoms with Crippen LogP contribution in [-0.2, 0) is 4.79 Å². The van der Waals surface area contributed by atoms with Crippen LogP contribution in [0, 0.1) is 0 Å². The largest absolute Gasteiger partial charge is 0.355 e. The Kier molecular flexibility index (Phi) is 5.06. The fourth-order valence-corrected chi connectivity index (χ4v) is 4.03. The fourth-order valence-electron chi connectivity index (χ4n) is 2.91. The Morgan fingerprint density at radius 3 is 2.96 bits per heavy atom. The maximum absolute atomic E-state index is 12.2. The molecule has 1 aromatic heterocycles. The Morgan fingerprint density at radius 1 is 1.30 bits per heavy atom. The highest BCUT2D eigenvalue weighted by molar-refractivity contribution is 8.00. The van der Waals surface area contributed by atoms with E-state index in [1.54, 1.807) is 11.8 Å². The van der Waals surface area contributed by atoms with E-state index in [1.165, 1.54) is 5.56 Å². The van der Waals surface area contributed by atoms with Gasteiger partial charge in [-0.25, -0.2) is 4.98 Å². The van der Waals surface area contributed by atoms with Gasteiger partial charge in [0.05, 0.1) is 10.9 Å². The quantitative estimate of drug-likeness (QED) is 0.929. The standard InChI is InChI=1S/C18H23N3OS/c1-13(2)14-7-3-4-8-15(14)21-12-11-20-18(21)23-16-9-5-6-10-19-17(16)22/h3-4,7-8,11-13,16H,5-6,9-10H2,1-2H3,(H,19,22). The van der Waals surface area contributed by atoms with E-state index >= 15 is 0 Å². The third-order valence-corrected chi connectivity index (χ3v) is 5.40. The monoisotopic (exact) mass is 329 g/mol. The van der Waals surface area contributed by atoms with Gasteiger partial charge in [-0.3, -0.25) is 9.36 Å². The maximum Gasteiger partial charge on any atom is 0.233 e. The number of aromatic nitrogens is 2. The maximum atomic E-state index is 12.2. The molecule has 0 bridgehead atoms. The molecular formula is C18H23N3OS. The number of carbonyl (C=O) groups excluding carboxylic acids is 1. The lowest BCUT2D eigenvalue weighted by molar-refractivity contribution is -0.120. The Balaban J connectivity index is 1.89. The zero-order chi connectivity index (χ0) is 16.2. The average molecular weight is 329 g/mol. The summed E-state index contributed by atoms with van der Waals surface area (Å²) in [5.41, 5.74) is 2.44. The first kappa shape index (κ1) is 16.1. The predicted octanol–water partition coefficient (Wildman–Crippen LogP) is 3.76. The van der Waals surface area contributed by atoms with E-state index in [9.17, 15) is 4.79 Å². The van der Waals surface area contributed by atoms with Crippen molar-refractivity contribution in [1.82, 2.24) is 14.9 Å². The van der Waals surface area contributed by atoms with Gasteiger partial charge >= 0.3 is 0 Å². The number of rotatable bonds is 4. The molecule has 122 valence electrons. The second-order valence-electron chi connectivity index (χ2n) is 6.19. The molecule has 4 nitrogen and oxygen atoms in total. The van der Waals surface area contributed by atoms with Crippen LogP contribution in [-0.4, -0.2) is 27.3 Å². The zero-order valence-electron chi connectivity index (χ0n) is 13.7. The number of hydrogen-bond acceptors (Lipinski definition) is 3. The second kappa shape index (κ2) is 7.21. The molecule has 23 heavy (non-hydrogen) atoms. The number of nitrogens with zero attached hydrogens (tertiary/aromatic N) is 2. The van der Waals surface area contributed by atoms with Crippen LogP contribution in [0.5, 0.6) is 0 Å². The number of imidazole rings is 1. The van der Waals surface area contributed by atoms with Gasteiger partial charge in [-0.15, -0.1) is 0 Å². The van der Waals surface area contributed by atoms with Crippen LogP contribution >= 0.6 is 11.8 Å². The first-order chi connectivity index (χ1) is 11.2. The van der Waals surface area contributed by atoms with Crippen molar-refractivity contribution in [1.29, 1.82) is 0 Å². The summed E-state index contributed by atoms with van der Waals surface area (Å²) in [4.78, 5) is 16.7. The van der Waals surface area contributed by atoms with Crippen LogP contribution in [0.25, 0.3) is 5.69 Å². The van der Waals surface area contributed by atoms with Gasteiger partial charge in [0.15, 0.2) is 5.16 Å². The molecule has 0 radical (unpaired) electrons. The van der Waals surface area contributed by atoms with Gasteiger partial charge in [0.1, 0.15) is 0 Å². The molecule has 1 amide bonds. The number of benzene rings is 1. The first-order valence-corrected chi connectivity index (χ1v) is 9.12. The third kappa shape index (κ3) is 3.61. The minimum Gasteiger partial charge on any atom is -0.355 e. The minimum absolute atomic E-state index is 0.0511. The normalized spacial score (nSPS) is 18.7. The van der Waals surface area contributed by atoms with E-state index in [2.05, 4.69) is 46.9 Å². The molecule has 1 saturated heterocycles. The summed E-state index contributed by atoms with van der Waals surface area (Å²) >= 11 is 1.57. The molecule has 1 aliphatic heterocycles. The lowest BCUT2D eigenvalue weighted by Gasteiger charge is -2.17. The number of carbonyl (C=O) groups is 1. The predicted molar refractivity (Wildman–Crippen MR) is 94.2 cm³/mol. The van der Waals surface area contributed by atoms with Crippen molar-refractivity contribution in [3.05, 3.63) is 42.2 Å². The lowest BCUT2D eigenvalue weighted by Crippen LogP contribution is -2.30. The molecule has 1 N–H and O–H groups in total. The molecular weight excluding hydrogens is 306 g/mol. The summed E-state index contributed by atoms with van der Waals surface area (Å²) in [6, 6.07) is 8.40. The Hall–Kier alpha value is -1.75. The molecule has 2 aromatic rings. The van der Waals surface area contributed by atoms with Crippen LogP contribution in [0.15, 0.2) is 41.8 Å². The number of nitrogens with one attached hydrogen (secondary N) is 1. The summed E-state index contributed by atoms with van der Waals surface area (Å²) in [5.74, 6) is 0.576. The van der Waals surface area contributed by atoms with Gasteiger partial charge in [-0.1, -0.05) is 50.2 Å². The van der Waals surface area contributed by atoms with E-state index in [4.69, 9.17) is 0 Å². The Labute approximate surface area is 141 Å². The lowest BCUT2D eigenvalue weighted by atomic mass is 10.0. The highest BCUT2D eigenvalue weighted by atomic mass is 32.2. The van der Waals surface area contributed by atoms with Gasteiger partial charge in [0, 0.05) is 18.9 Å². The van der Waals surface area contributed by atoms with E-state index < -0.39 is 0 Å². The first-order valence-electron chi connectivity index (χ1n) is 8.24. The number of para-hydroxylation sites is 1. The summed E-state index contributed by atoms with van der Waals surface area (Å²) < 4.78 is 2.11. The van der Waals surface area contributed by atoms with Crippen LogP contribution in [0.4, 0.5) is 0 Å². The van der Waals surface area contributed by atoms with Crippen LogP contribution in [0.2, 0.25) is 0 Å². The van der Waals surface area contributed by atoms with Crippen molar-refractivity contribution in [3.8, 4) is 5.69 Å². The topological polar surface area (TPSA) is 46.9 Å². The molecule has 1 aliphatic rings. The molecule has 3 rings (SSSR count). The average Bonchev–Trinajstić information content (AvgIpc) is 2.91. The van der Waals surface area contributed by atoms with E-state index in [-0.39, 0.29) is 11.2 Å². The number of amides is 1. The zero-order valence-corrected chi connectivity index (χ0v) is 14.5. The molecule has 2 heterocycles. The van der Waals surface area contributed by atoms with Gasteiger partial charge in [-0.2, -0.15) is 0 Å². The molecule has 0 saturated carbocycles. The van der Waals surface area contributed by atoms with Crippen LogP contribution in [0.3, 0.4) is 0 Å². The Bertz CT molecular complexity index is 680. The smallest absolute Gasteiger partial charge is 0.233 e. The Morgan fingerprint density at radius 2 is 2.13 bits per heavy atom. The summed E-state index contributed by atoms with van der Waals surface area (Å²) in [7, 11) is 0. The third-order valence-electron chi connectivity index (χ3n) is 4.16. The summed E-state index contributed by atoms with van der Waals surface area (Å²) in [5, 5.41) is 3.84. The molecule has 1 unspecified atom stereocenters. The van der Waals surface area contributed by atoms with E-state index in [0.29, 0.717) is 5.92 Å². The highest BCUT2D eigenvalue weighted by Gasteiger charge is 2.24. The van der Waals surface area contributed by atoms with Crippen molar-refractivity contribution < 1.29 is 4.79 Å². The van der Waals surface area contributed by atoms with Crippen molar-refractivity contribution in [2.45, 2.75) is 49.4 Å². The summed E-state index contributed by atoms with van der Waals surface area (Å²) in [6.45, 7) is 5.18. The number of thioether (sulfide) groups is 1. The van der Waals surface area contributed by atoms with Crippen molar-refractivity contribution >= 4 is 17.7 Å². The van der Waals surface area contributed by atoms with E-state index in [0.717, 1.165) is 36.7 Å². The second-order valence-corrected chi connectivity index (χ2v) is 7.36. The molecule has 1 atom stereocenters. The van der Waals surface area contributed by atoms with Gasteiger partial charge in [0.25, 0.3) is 0 Å². The molecule has 1 fully saturated rings. The molecule has 5 heteroatoms. The molecule has 1 aromatic carbocycles. The van der Waals surface area contributed by atoms with Gasteiger partial charge in [-0.05, 0) is 30.4 Å². The van der Waals surface area contributed by atoms with Crippen molar-refractivity contribution in [3.63, 3.8) is 0 Å². The van der Waals surface area contributed by atoms with Crippen molar-refractivity contribution in [2.24, 2.45) is 0 Å². The minimum atomic E-state index is -0.0511. The van der Waals surface area contributed by atoms with Crippen LogP contribution in [0.1, 0.15) is 44.6 Å². The van der Waals surface area contributed by atoms with Gasteiger partial charge < -0.3 is 5.32 Å². The number of hydrogen-bond donors (Lipinski definition) is 1. The molecule has 0 spiro atoms. The van der Waals surface area contributed by atoms with Crippen molar-refractivity contribution in [2.75, 3.05) is 6.54 Å². The summed E-state index contributed by atoms with van der Waals surface area (Å²) in [6.07, 6.45) is 6.86.